The van der Waals surface area contributed by atoms with E-state index in [1.807, 2.05) is 6.07 Å². The standard InChI is InChI=1S/C10H9Br2NS2/c11-6-3-4-14-9(6)5-7(13)8-1-2-10(12)15-8/h1-4,7H,5,13H2. The highest BCUT2D eigenvalue weighted by Crippen LogP contribution is 2.31. The molecule has 1 unspecified atom stereocenters. The highest BCUT2D eigenvalue weighted by Gasteiger charge is 2.12. The number of hydrogen-bond acceptors (Lipinski definition) is 3. The number of hydrogen-bond donors (Lipinski definition) is 1. The fourth-order valence-corrected chi connectivity index (χ4v) is 4.30. The summed E-state index contributed by atoms with van der Waals surface area (Å²) in [5.74, 6) is 0. The van der Waals surface area contributed by atoms with E-state index in [-0.39, 0.29) is 6.04 Å². The first kappa shape index (κ1) is 11.8. The zero-order valence-electron chi connectivity index (χ0n) is 7.74. The monoisotopic (exact) mass is 365 g/mol. The van der Waals surface area contributed by atoms with Gasteiger partial charge in [-0.15, -0.1) is 22.7 Å². The van der Waals surface area contributed by atoms with Gasteiger partial charge in [-0.3, -0.25) is 0 Å². The third-order valence-corrected chi connectivity index (χ3v) is 5.76. The minimum absolute atomic E-state index is 0.0937. The molecule has 1 atom stereocenters. The Bertz CT molecular complexity index is 450. The molecule has 2 heterocycles. The lowest BCUT2D eigenvalue weighted by atomic mass is 10.1. The first-order valence-electron chi connectivity index (χ1n) is 4.39. The lowest BCUT2D eigenvalue weighted by Crippen LogP contribution is -2.11. The Morgan fingerprint density at radius 3 is 2.60 bits per heavy atom. The van der Waals surface area contributed by atoms with Crippen LogP contribution in [0.4, 0.5) is 0 Å². The van der Waals surface area contributed by atoms with Crippen LogP contribution in [0.5, 0.6) is 0 Å². The van der Waals surface area contributed by atoms with Gasteiger partial charge >= 0.3 is 0 Å². The van der Waals surface area contributed by atoms with Crippen LogP contribution in [0, 0.1) is 0 Å². The maximum Gasteiger partial charge on any atom is 0.0701 e. The van der Waals surface area contributed by atoms with E-state index in [9.17, 15) is 0 Å². The van der Waals surface area contributed by atoms with Crippen molar-refractivity contribution in [2.75, 3.05) is 0 Å². The van der Waals surface area contributed by atoms with Gasteiger partial charge in [0.1, 0.15) is 0 Å². The highest BCUT2D eigenvalue weighted by molar-refractivity contribution is 9.11. The zero-order chi connectivity index (χ0) is 10.8. The van der Waals surface area contributed by atoms with E-state index < -0.39 is 0 Å². The second kappa shape index (κ2) is 5.10. The van der Waals surface area contributed by atoms with E-state index in [2.05, 4.69) is 49.4 Å². The topological polar surface area (TPSA) is 26.0 Å². The van der Waals surface area contributed by atoms with E-state index in [4.69, 9.17) is 5.73 Å². The van der Waals surface area contributed by atoms with Crippen LogP contribution in [-0.4, -0.2) is 0 Å². The Morgan fingerprint density at radius 1 is 1.27 bits per heavy atom. The van der Waals surface area contributed by atoms with Crippen LogP contribution in [0.25, 0.3) is 0 Å². The molecule has 0 aliphatic heterocycles. The van der Waals surface area contributed by atoms with Gasteiger partial charge in [0.2, 0.25) is 0 Å². The Balaban J connectivity index is 2.10. The average molecular weight is 367 g/mol. The van der Waals surface area contributed by atoms with Gasteiger partial charge in [0.05, 0.1) is 3.79 Å². The van der Waals surface area contributed by atoms with Crippen LogP contribution in [0.1, 0.15) is 15.8 Å². The third kappa shape index (κ3) is 2.91. The van der Waals surface area contributed by atoms with E-state index in [0.29, 0.717) is 0 Å². The molecule has 0 bridgehead atoms. The van der Waals surface area contributed by atoms with Crippen LogP contribution in [0.2, 0.25) is 0 Å². The molecule has 0 radical (unpaired) electrons. The maximum absolute atomic E-state index is 6.14. The zero-order valence-corrected chi connectivity index (χ0v) is 12.5. The van der Waals surface area contributed by atoms with Gasteiger partial charge in [0, 0.05) is 26.7 Å². The summed E-state index contributed by atoms with van der Waals surface area (Å²) in [5, 5.41) is 2.08. The molecule has 0 amide bonds. The summed E-state index contributed by atoms with van der Waals surface area (Å²) >= 11 is 10.4. The van der Waals surface area contributed by atoms with Gasteiger partial charge in [-0.05, 0) is 55.4 Å². The molecule has 80 valence electrons. The molecule has 1 nitrogen and oxygen atoms in total. The van der Waals surface area contributed by atoms with Crippen molar-refractivity contribution < 1.29 is 0 Å². The van der Waals surface area contributed by atoms with Gasteiger partial charge in [-0.25, -0.2) is 0 Å². The second-order valence-electron chi connectivity index (χ2n) is 3.14. The SMILES string of the molecule is NC(Cc1sccc1Br)c1ccc(Br)s1. The van der Waals surface area contributed by atoms with E-state index in [1.54, 1.807) is 22.7 Å². The number of rotatable bonds is 3. The molecule has 0 aromatic carbocycles. The first-order valence-corrected chi connectivity index (χ1v) is 7.67. The fourth-order valence-electron chi connectivity index (χ4n) is 1.30. The van der Waals surface area contributed by atoms with Gasteiger partial charge in [0.15, 0.2) is 0 Å². The van der Waals surface area contributed by atoms with Crippen LogP contribution in [-0.2, 0) is 6.42 Å². The molecule has 5 heteroatoms. The normalized spacial score (nSPS) is 13.0. The lowest BCUT2D eigenvalue weighted by Gasteiger charge is -2.07. The Labute approximate surface area is 114 Å². The Morgan fingerprint density at radius 2 is 2.07 bits per heavy atom. The van der Waals surface area contributed by atoms with E-state index in [1.165, 1.54) is 14.2 Å². The average Bonchev–Trinajstić information content (AvgIpc) is 2.77. The molecule has 0 spiro atoms. The molecule has 2 rings (SSSR count). The highest BCUT2D eigenvalue weighted by atomic mass is 79.9. The van der Waals surface area contributed by atoms with Crippen molar-refractivity contribution in [2.45, 2.75) is 12.5 Å². The van der Waals surface area contributed by atoms with Gasteiger partial charge in [0.25, 0.3) is 0 Å². The Hall–Kier alpha value is 0.320. The minimum atomic E-state index is 0.0937. The van der Waals surface area contributed by atoms with Crippen molar-refractivity contribution in [1.29, 1.82) is 0 Å². The fraction of sp³-hybridized carbons (Fsp3) is 0.200. The van der Waals surface area contributed by atoms with Crippen molar-refractivity contribution in [1.82, 2.24) is 0 Å². The summed E-state index contributed by atoms with van der Waals surface area (Å²) in [6.07, 6.45) is 0.894. The largest absolute Gasteiger partial charge is 0.323 e. The molecule has 0 aliphatic carbocycles. The molecular weight excluding hydrogens is 358 g/mol. The molecule has 2 aromatic rings. The molecule has 0 saturated heterocycles. The smallest absolute Gasteiger partial charge is 0.0701 e. The molecule has 0 saturated carbocycles. The molecule has 2 aromatic heterocycles. The minimum Gasteiger partial charge on any atom is -0.323 e. The quantitative estimate of drug-likeness (QED) is 0.845. The molecule has 0 fully saturated rings. The van der Waals surface area contributed by atoms with Crippen LogP contribution < -0.4 is 5.73 Å². The number of nitrogens with two attached hydrogens (primary N) is 1. The summed E-state index contributed by atoms with van der Waals surface area (Å²) in [7, 11) is 0. The summed E-state index contributed by atoms with van der Waals surface area (Å²) in [6, 6.07) is 6.29. The number of halogens is 2. The summed E-state index contributed by atoms with van der Waals surface area (Å²) < 4.78 is 2.30. The van der Waals surface area contributed by atoms with E-state index in [0.717, 1.165) is 10.2 Å². The van der Waals surface area contributed by atoms with Gasteiger partial charge < -0.3 is 5.73 Å². The predicted octanol–water partition coefficient (Wildman–Crippen LogP) is 4.58. The molecule has 15 heavy (non-hydrogen) atoms. The van der Waals surface area contributed by atoms with Gasteiger partial charge in [-0.1, -0.05) is 0 Å². The second-order valence-corrected chi connectivity index (χ2v) is 7.49. The summed E-state index contributed by atoms with van der Waals surface area (Å²) in [6.45, 7) is 0. The van der Waals surface area contributed by atoms with Crippen LogP contribution in [0.3, 0.4) is 0 Å². The van der Waals surface area contributed by atoms with Crippen molar-refractivity contribution in [3.63, 3.8) is 0 Å². The van der Waals surface area contributed by atoms with E-state index >= 15 is 0 Å². The molecule has 2 N–H and O–H groups in total. The summed E-state index contributed by atoms with van der Waals surface area (Å²) in [4.78, 5) is 2.54. The predicted molar refractivity (Wildman–Crippen MR) is 74.7 cm³/mol. The molecular formula is C10H9Br2NS2. The lowest BCUT2D eigenvalue weighted by molar-refractivity contribution is 0.743. The Kier molecular flexibility index (Phi) is 4.01. The van der Waals surface area contributed by atoms with Crippen molar-refractivity contribution in [3.8, 4) is 0 Å². The first-order chi connectivity index (χ1) is 7.16. The number of thiophene rings is 2. The van der Waals surface area contributed by atoms with Crippen molar-refractivity contribution >= 4 is 54.5 Å². The molecule has 0 aliphatic rings. The van der Waals surface area contributed by atoms with Gasteiger partial charge in [-0.2, -0.15) is 0 Å². The maximum atomic E-state index is 6.14. The van der Waals surface area contributed by atoms with Crippen molar-refractivity contribution in [2.24, 2.45) is 5.73 Å². The van der Waals surface area contributed by atoms with Crippen LogP contribution in [0.15, 0.2) is 31.8 Å². The van der Waals surface area contributed by atoms with Crippen molar-refractivity contribution in [3.05, 3.63) is 41.6 Å². The summed E-state index contributed by atoms with van der Waals surface area (Å²) in [5.41, 5.74) is 6.14. The van der Waals surface area contributed by atoms with Crippen LogP contribution >= 0.6 is 54.5 Å². The third-order valence-electron chi connectivity index (χ3n) is 2.06.